The van der Waals surface area contributed by atoms with Crippen LogP contribution in [0.2, 0.25) is 0 Å². The Bertz CT molecular complexity index is 674. The number of hydrogen-bond acceptors (Lipinski definition) is 2. The number of alkyl halides is 2. The number of hydrogen-bond donors (Lipinski definition) is 2. The second-order valence-corrected chi connectivity index (χ2v) is 5.01. The Morgan fingerprint density at radius 1 is 1.42 bits per heavy atom. The minimum Gasteiger partial charge on any atom is -0.311 e. The number of halogens is 2. The Labute approximate surface area is 108 Å². The third-order valence-electron chi connectivity index (χ3n) is 3.80. The van der Waals surface area contributed by atoms with Gasteiger partial charge in [0.1, 0.15) is 0 Å². The van der Waals surface area contributed by atoms with E-state index in [4.69, 9.17) is 0 Å². The summed E-state index contributed by atoms with van der Waals surface area (Å²) < 4.78 is 29.5. The minimum absolute atomic E-state index is 0.278. The van der Waals surface area contributed by atoms with Crippen LogP contribution in [0.15, 0.2) is 23.0 Å². The molecule has 1 aliphatic heterocycles. The number of nitrogens with zero attached hydrogens (tertiary/aromatic N) is 1. The lowest BCUT2D eigenvalue weighted by molar-refractivity contribution is -0.0416. The van der Waals surface area contributed by atoms with Crippen LogP contribution in [0.25, 0.3) is 11.0 Å². The summed E-state index contributed by atoms with van der Waals surface area (Å²) in [5.41, 5.74) is 1.46. The van der Waals surface area contributed by atoms with Crippen LogP contribution in [0.1, 0.15) is 17.9 Å². The fourth-order valence-corrected chi connectivity index (χ4v) is 2.84. The van der Waals surface area contributed by atoms with Gasteiger partial charge in [-0.15, -0.1) is 0 Å². The smallest absolute Gasteiger partial charge is 0.311 e. The molecule has 6 heteroatoms. The first-order valence-electron chi connectivity index (χ1n) is 6.27. The van der Waals surface area contributed by atoms with Crippen molar-refractivity contribution in [3.05, 3.63) is 34.2 Å². The number of H-pyrrole nitrogens is 1. The van der Waals surface area contributed by atoms with Crippen molar-refractivity contribution in [2.75, 3.05) is 13.1 Å². The van der Waals surface area contributed by atoms with Gasteiger partial charge in [0, 0.05) is 7.05 Å². The molecule has 0 bridgehead atoms. The molecule has 2 N–H and O–H groups in total. The van der Waals surface area contributed by atoms with Gasteiger partial charge in [0.15, 0.2) is 0 Å². The second-order valence-electron chi connectivity index (χ2n) is 5.01. The highest BCUT2D eigenvalue weighted by Crippen LogP contribution is 2.40. The first-order chi connectivity index (χ1) is 9.00. The number of fused-ring (bicyclic) bond motifs is 1. The van der Waals surface area contributed by atoms with Gasteiger partial charge in [-0.25, -0.2) is 13.6 Å². The number of nitrogens with one attached hydrogen (secondary N) is 2. The van der Waals surface area contributed by atoms with E-state index in [1.165, 1.54) is 4.57 Å². The molecule has 4 nitrogen and oxygen atoms in total. The largest absolute Gasteiger partial charge is 0.326 e. The Morgan fingerprint density at radius 2 is 2.21 bits per heavy atom. The normalized spacial score (nSPS) is 22.8. The topological polar surface area (TPSA) is 49.8 Å². The molecule has 102 valence electrons. The summed E-state index contributed by atoms with van der Waals surface area (Å²) >= 11 is 0. The SMILES string of the molecule is Cn1c(=O)[nH]c2cccc(C3CCNCC3(F)F)c21. The van der Waals surface area contributed by atoms with E-state index >= 15 is 0 Å². The number of benzene rings is 1. The standard InChI is InChI=1S/C13H15F2N3O/c1-18-11-8(3-2-4-10(11)17-12(18)19)9-5-6-16-7-13(9,14)15/h2-4,9,16H,5-7H2,1H3,(H,17,19). The van der Waals surface area contributed by atoms with Crippen molar-refractivity contribution in [1.29, 1.82) is 0 Å². The van der Waals surface area contributed by atoms with E-state index in [-0.39, 0.29) is 12.2 Å². The van der Waals surface area contributed by atoms with Gasteiger partial charge in [-0.1, -0.05) is 12.1 Å². The van der Waals surface area contributed by atoms with Crippen molar-refractivity contribution >= 4 is 11.0 Å². The minimum atomic E-state index is -2.79. The Kier molecular flexibility index (Phi) is 2.70. The van der Waals surface area contributed by atoms with Gasteiger partial charge in [-0.2, -0.15) is 0 Å². The number of aryl methyl sites for hydroxylation is 1. The van der Waals surface area contributed by atoms with Gasteiger partial charge in [0.2, 0.25) is 0 Å². The fourth-order valence-electron chi connectivity index (χ4n) is 2.84. The molecule has 3 rings (SSSR count). The van der Waals surface area contributed by atoms with Gasteiger partial charge in [-0.05, 0) is 24.6 Å². The first-order valence-corrected chi connectivity index (χ1v) is 6.27. The molecule has 1 fully saturated rings. The number of piperidine rings is 1. The average molecular weight is 267 g/mol. The fraction of sp³-hybridized carbons (Fsp3) is 0.462. The number of aromatic amines is 1. The zero-order valence-corrected chi connectivity index (χ0v) is 10.5. The average Bonchev–Trinajstić information content (AvgIpc) is 2.65. The second kappa shape index (κ2) is 4.16. The summed E-state index contributed by atoms with van der Waals surface area (Å²) in [7, 11) is 1.60. The Balaban J connectivity index is 2.22. The van der Waals surface area contributed by atoms with E-state index in [1.54, 1.807) is 25.2 Å². The van der Waals surface area contributed by atoms with Gasteiger partial charge >= 0.3 is 5.69 Å². The zero-order chi connectivity index (χ0) is 13.6. The summed E-state index contributed by atoms with van der Waals surface area (Å²) in [6.07, 6.45) is 0.367. The predicted octanol–water partition coefficient (Wildman–Crippen LogP) is 1.58. The summed E-state index contributed by atoms with van der Waals surface area (Å²) in [4.78, 5) is 14.3. The molecule has 1 aliphatic rings. The molecule has 0 saturated carbocycles. The van der Waals surface area contributed by atoms with Crippen LogP contribution in [0.4, 0.5) is 8.78 Å². The van der Waals surface area contributed by atoms with Crippen LogP contribution in [0, 0.1) is 0 Å². The van der Waals surface area contributed by atoms with Crippen LogP contribution >= 0.6 is 0 Å². The van der Waals surface area contributed by atoms with Crippen LogP contribution in [0.5, 0.6) is 0 Å². The van der Waals surface area contributed by atoms with E-state index in [0.29, 0.717) is 29.6 Å². The van der Waals surface area contributed by atoms with Crippen molar-refractivity contribution in [2.45, 2.75) is 18.3 Å². The maximum absolute atomic E-state index is 14.1. The molecule has 2 aromatic rings. The molecule has 19 heavy (non-hydrogen) atoms. The summed E-state index contributed by atoms with van der Waals surface area (Å²) in [5.74, 6) is -3.64. The number of para-hydroxylation sites is 1. The highest BCUT2D eigenvalue weighted by atomic mass is 19.3. The van der Waals surface area contributed by atoms with Gasteiger partial charge in [-0.3, -0.25) is 4.57 Å². The third-order valence-corrected chi connectivity index (χ3v) is 3.80. The van der Waals surface area contributed by atoms with Crippen LogP contribution in [0.3, 0.4) is 0 Å². The maximum atomic E-state index is 14.1. The molecule has 2 heterocycles. The summed E-state index contributed by atoms with van der Waals surface area (Å²) in [6, 6.07) is 5.14. The molecular weight excluding hydrogens is 252 g/mol. The van der Waals surface area contributed by atoms with E-state index in [2.05, 4.69) is 10.3 Å². The van der Waals surface area contributed by atoms with Crippen molar-refractivity contribution in [1.82, 2.24) is 14.9 Å². The molecule has 0 spiro atoms. The highest BCUT2D eigenvalue weighted by molar-refractivity contribution is 5.79. The van der Waals surface area contributed by atoms with Gasteiger partial charge in [0.05, 0.1) is 23.5 Å². The first kappa shape index (κ1) is 12.3. The van der Waals surface area contributed by atoms with E-state index < -0.39 is 11.8 Å². The third kappa shape index (κ3) is 1.87. The predicted molar refractivity (Wildman–Crippen MR) is 68.7 cm³/mol. The molecule has 0 aliphatic carbocycles. The molecule has 1 aromatic heterocycles. The van der Waals surface area contributed by atoms with Crippen molar-refractivity contribution < 1.29 is 8.78 Å². The lowest BCUT2D eigenvalue weighted by Gasteiger charge is -2.32. The lowest BCUT2D eigenvalue weighted by atomic mass is 9.86. The lowest BCUT2D eigenvalue weighted by Crippen LogP contribution is -2.44. The summed E-state index contributed by atoms with van der Waals surface area (Å²) in [6.45, 7) is 0.251. The maximum Gasteiger partial charge on any atom is 0.326 e. The number of rotatable bonds is 1. The van der Waals surface area contributed by atoms with E-state index in [9.17, 15) is 13.6 Å². The van der Waals surface area contributed by atoms with Crippen LogP contribution in [-0.4, -0.2) is 28.6 Å². The molecule has 1 aromatic carbocycles. The molecule has 1 atom stereocenters. The van der Waals surface area contributed by atoms with Gasteiger partial charge in [0.25, 0.3) is 5.92 Å². The van der Waals surface area contributed by atoms with Crippen molar-refractivity contribution in [3.8, 4) is 0 Å². The Hall–Kier alpha value is -1.69. The quantitative estimate of drug-likeness (QED) is 0.824. The summed E-state index contributed by atoms with van der Waals surface area (Å²) in [5, 5.41) is 2.72. The van der Waals surface area contributed by atoms with Crippen LogP contribution < -0.4 is 11.0 Å². The number of aromatic nitrogens is 2. The van der Waals surface area contributed by atoms with Crippen LogP contribution in [-0.2, 0) is 7.05 Å². The zero-order valence-electron chi connectivity index (χ0n) is 10.5. The Morgan fingerprint density at radius 3 is 2.95 bits per heavy atom. The molecular formula is C13H15F2N3O. The van der Waals surface area contributed by atoms with Crippen molar-refractivity contribution in [2.24, 2.45) is 7.05 Å². The van der Waals surface area contributed by atoms with E-state index in [1.807, 2.05) is 0 Å². The molecule has 0 radical (unpaired) electrons. The highest BCUT2D eigenvalue weighted by Gasteiger charge is 2.43. The number of imidazole rings is 1. The molecule has 0 amide bonds. The van der Waals surface area contributed by atoms with E-state index in [0.717, 1.165) is 0 Å². The molecule has 1 saturated heterocycles. The van der Waals surface area contributed by atoms with Gasteiger partial charge < -0.3 is 10.3 Å². The monoisotopic (exact) mass is 267 g/mol. The molecule has 1 unspecified atom stereocenters. The van der Waals surface area contributed by atoms with Crippen molar-refractivity contribution in [3.63, 3.8) is 0 Å².